The topological polar surface area (TPSA) is 45.9 Å². The van der Waals surface area contributed by atoms with E-state index in [0.29, 0.717) is 5.57 Å². The first-order valence-corrected chi connectivity index (χ1v) is 7.67. The number of nitrogens with zero attached hydrogens (tertiary/aromatic N) is 2. The highest BCUT2D eigenvalue weighted by molar-refractivity contribution is 7.98. The zero-order chi connectivity index (χ0) is 15.2. The number of benzene rings is 1. The number of hydrogen-bond acceptors (Lipinski definition) is 4. The van der Waals surface area contributed by atoms with Crippen molar-refractivity contribution < 1.29 is 4.74 Å². The van der Waals surface area contributed by atoms with Gasteiger partial charge in [-0.25, -0.2) is 0 Å². The third-order valence-corrected chi connectivity index (χ3v) is 4.04. The van der Waals surface area contributed by atoms with Crippen LogP contribution in [-0.4, -0.2) is 18.3 Å². The molecule has 2 rings (SSSR count). The fraction of sp³-hybridized carbons (Fsp3) is 0.176. The Hall–Kier alpha value is -2.25. The number of allylic oxidation sites excluding steroid dienone is 1. The van der Waals surface area contributed by atoms with Crippen molar-refractivity contribution in [2.75, 3.05) is 13.4 Å². The standard InChI is InChI=1S/C17H16N2OS/c1-12-16(20-2)8-13(9-17(12)21-3)7-15(10-18)14-5-4-6-19-11-14/h4-9,11H,1-3H3/b15-7+. The largest absolute Gasteiger partial charge is 0.496 e. The van der Waals surface area contributed by atoms with E-state index in [0.717, 1.165) is 27.3 Å². The number of methoxy groups -OCH3 is 1. The molecule has 0 saturated carbocycles. The predicted molar refractivity (Wildman–Crippen MR) is 87.2 cm³/mol. The molecule has 1 heterocycles. The minimum Gasteiger partial charge on any atom is -0.496 e. The molecule has 0 aliphatic rings. The van der Waals surface area contributed by atoms with Crippen molar-refractivity contribution in [1.29, 1.82) is 5.26 Å². The lowest BCUT2D eigenvalue weighted by Crippen LogP contribution is -1.91. The van der Waals surface area contributed by atoms with E-state index >= 15 is 0 Å². The summed E-state index contributed by atoms with van der Waals surface area (Å²) in [6, 6.07) is 9.94. The average molecular weight is 296 g/mol. The van der Waals surface area contributed by atoms with E-state index in [1.165, 1.54) is 0 Å². The Morgan fingerprint density at radius 3 is 2.81 bits per heavy atom. The van der Waals surface area contributed by atoms with E-state index in [-0.39, 0.29) is 0 Å². The molecule has 3 nitrogen and oxygen atoms in total. The van der Waals surface area contributed by atoms with Gasteiger partial charge in [0.1, 0.15) is 5.75 Å². The van der Waals surface area contributed by atoms with Crippen LogP contribution in [0.1, 0.15) is 16.7 Å². The SMILES string of the molecule is COc1cc(/C=C(\C#N)c2cccnc2)cc(SC)c1C. The number of pyridine rings is 1. The summed E-state index contributed by atoms with van der Waals surface area (Å²) in [5, 5.41) is 9.37. The number of ether oxygens (including phenoxy) is 1. The van der Waals surface area contributed by atoms with Crippen molar-refractivity contribution >= 4 is 23.4 Å². The minimum absolute atomic E-state index is 0.584. The maximum absolute atomic E-state index is 9.37. The van der Waals surface area contributed by atoms with Crippen molar-refractivity contribution in [2.24, 2.45) is 0 Å². The second-order valence-electron chi connectivity index (χ2n) is 4.46. The number of rotatable bonds is 4. The maximum Gasteiger partial charge on any atom is 0.123 e. The van der Waals surface area contributed by atoms with E-state index in [1.807, 2.05) is 37.5 Å². The molecule has 0 aliphatic carbocycles. The third-order valence-electron chi connectivity index (χ3n) is 3.18. The van der Waals surface area contributed by atoms with Gasteiger partial charge in [0.2, 0.25) is 0 Å². The molecule has 0 spiro atoms. The van der Waals surface area contributed by atoms with E-state index in [4.69, 9.17) is 4.74 Å². The van der Waals surface area contributed by atoms with E-state index < -0.39 is 0 Å². The van der Waals surface area contributed by atoms with Crippen LogP contribution in [0.15, 0.2) is 41.6 Å². The van der Waals surface area contributed by atoms with Crippen molar-refractivity contribution in [2.45, 2.75) is 11.8 Å². The summed E-state index contributed by atoms with van der Waals surface area (Å²) in [6.45, 7) is 2.03. The fourth-order valence-corrected chi connectivity index (χ4v) is 2.72. The van der Waals surface area contributed by atoms with Crippen LogP contribution in [0.25, 0.3) is 11.6 Å². The summed E-state index contributed by atoms with van der Waals surface area (Å²) < 4.78 is 5.41. The second kappa shape index (κ2) is 6.96. The minimum atomic E-state index is 0.584. The molecule has 0 radical (unpaired) electrons. The molecule has 0 aliphatic heterocycles. The highest BCUT2D eigenvalue weighted by atomic mass is 32.2. The number of aromatic nitrogens is 1. The van der Waals surface area contributed by atoms with E-state index in [9.17, 15) is 5.26 Å². The molecule has 0 amide bonds. The summed E-state index contributed by atoms with van der Waals surface area (Å²) in [6.07, 6.45) is 7.27. The van der Waals surface area contributed by atoms with Crippen LogP contribution >= 0.6 is 11.8 Å². The molecule has 4 heteroatoms. The monoisotopic (exact) mass is 296 g/mol. The number of nitriles is 1. The number of hydrogen-bond donors (Lipinski definition) is 0. The number of thioether (sulfide) groups is 1. The second-order valence-corrected chi connectivity index (χ2v) is 5.31. The lowest BCUT2D eigenvalue weighted by Gasteiger charge is -2.10. The fourth-order valence-electron chi connectivity index (χ4n) is 2.06. The van der Waals surface area contributed by atoms with Gasteiger partial charge in [0.05, 0.1) is 18.8 Å². The van der Waals surface area contributed by atoms with Crippen molar-refractivity contribution in [1.82, 2.24) is 4.98 Å². The van der Waals surface area contributed by atoms with Crippen LogP contribution < -0.4 is 4.74 Å². The Labute approximate surface area is 129 Å². The van der Waals surface area contributed by atoms with Crippen LogP contribution in [0, 0.1) is 18.3 Å². The molecule has 0 atom stereocenters. The Bertz CT molecular complexity index is 677. The molecule has 0 unspecified atom stereocenters. The molecule has 1 aromatic carbocycles. The van der Waals surface area contributed by atoms with Gasteiger partial charge in [0, 0.05) is 28.4 Å². The van der Waals surface area contributed by atoms with Gasteiger partial charge in [-0.05, 0) is 43.0 Å². The lowest BCUT2D eigenvalue weighted by molar-refractivity contribution is 0.410. The van der Waals surface area contributed by atoms with Gasteiger partial charge in [-0.15, -0.1) is 11.8 Å². The first-order chi connectivity index (χ1) is 10.2. The van der Waals surface area contributed by atoms with Crippen molar-refractivity contribution in [3.63, 3.8) is 0 Å². The normalized spacial score (nSPS) is 11.0. The van der Waals surface area contributed by atoms with E-state index in [1.54, 1.807) is 31.3 Å². The highest BCUT2D eigenvalue weighted by Gasteiger charge is 2.08. The van der Waals surface area contributed by atoms with Gasteiger partial charge in [0.15, 0.2) is 0 Å². The molecule has 0 saturated heterocycles. The van der Waals surface area contributed by atoms with Gasteiger partial charge in [-0.1, -0.05) is 6.07 Å². The van der Waals surface area contributed by atoms with Gasteiger partial charge in [-0.2, -0.15) is 5.26 Å². The summed E-state index contributed by atoms with van der Waals surface area (Å²) in [4.78, 5) is 5.20. The Morgan fingerprint density at radius 2 is 2.24 bits per heavy atom. The van der Waals surface area contributed by atoms with Crippen LogP contribution in [0.5, 0.6) is 5.75 Å². The molecule has 21 heavy (non-hydrogen) atoms. The van der Waals surface area contributed by atoms with Crippen LogP contribution in [-0.2, 0) is 0 Å². The van der Waals surface area contributed by atoms with Gasteiger partial charge >= 0.3 is 0 Å². The molecule has 106 valence electrons. The molecule has 1 aromatic heterocycles. The highest BCUT2D eigenvalue weighted by Crippen LogP contribution is 2.31. The molecule has 0 fully saturated rings. The summed E-state index contributed by atoms with van der Waals surface area (Å²) in [5.41, 5.74) is 3.45. The first kappa shape index (κ1) is 15.1. The molecule has 0 bridgehead atoms. The van der Waals surface area contributed by atoms with Gasteiger partial charge < -0.3 is 4.74 Å². The van der Waals surface area contributed by atoms with E-state index in [2.05, 4.69) is 17.1 Å². The Balaban J connectivity index is 2.51. The van der Waals surface area contributed by atoms with Crippen molar-refractivity contribution in [3.8, 4) is 11.8 Å². The molecule has 0 N–H and O–H groups in total. The predicted octanol–water partition coefficient (Wildman–Crippen LogP) is 4.18. The average Bonchev–Trinajstić information content (AvgIpc) is 2.54. The summed E-state index contributed by atoms with van der Waals surface area (Å²) >= 11 is 1.67. The molecular weight excluding hydrogens is 280 g/mol. The Kier molecular flexibility index (Phi) is 5.02. The Morgan fingerprint density at radius 1 is 1.43 bits per heavy atom. The van der Waals surface area contributed by atoms with Crippen LogP contribution in [0.4, 0.5) is 0 Å². The zero-order valence-corrected chi connectivity index (χ0v) is 13.1. The van der Waals surface area contributed by atoms with Crippen molar-refractivity contribution in [3.05, 3.63) is 53.3 Å². The third kappa shape index (κ3) is 3.45. The zero-order valence-electron chi connectivity index (χ0n) is 12.3. The quantitative estimate of drug-likeness (QED) is 0.627. The smallest absolute Gasteiger partial charge is 0.123 e. The lowest BCUT2D eigenvalue weighted by atomic mass is 10.0. The van der Waals surface area contributed by atoms with Crippen LogP contribution in [0.3, 0.4) is 0 Å². The summed E-state index contributed by atoms with van der Waals surface area (Å²) in [7, 11) is 1.66. The van der Waals surface area contributed by atoms with Gasteiger partial charge in [-0.3, -0.25) is 4.98 Å². The van der Waals surface area contributed by atoms with Crippen LogP contribution in [0.2, 0.25) is 0 Å². The summed E-state index contributed by atoms with van der Waals surface area (Å²) in [5.74, 6) is 0.830. The maximum atomic E-state index is 9.37. The van der Waals surface area contributed by atoms with Gasteiger partial charge in [0.25, 0.3) is 0 Å². The first-order valence-electron chi connectivity index (χ1n) is 6.44. The molecule has 2 aromatic rings. The molecular formula is C17H16N2OS.